The number of nitrogens with one attached hydrogen (secondary N) is 2. The van der Waals surface area contributed by atoms with Crippen LogP contribution in [-0.2, 0) is 25.6 Å². The van der Waals surface area contributed by atoms with Gasteiger partial charge in [-0.05, 0) is 28.7 Å². The van der Waals surface area contributed by atoms with Crippen LogP contribution in [0.5, 0.6) is 0 Å². The van der Waals surface area contributed by atoms with E-state index in [1.807, 2.05) is 56.3 Å². The number of aliphatic carboxylic acids is 2. The number of hydrogen-bond acceptors (Lipinski definition) is 4. The molecule has 8 nitrogen and oxygen atoms in total. The van der Waals surface area contributed by atoms with E-state index < -0.39 is 42.3 Å². The number of amides is 2. The average Bonchev–Trinajstić information content (AvgIpc) is 2.70. The molecule has 0 radical (unpaired) electrons. The van der Waals surface area contributed by atoms with E-state index >= 15 is 0 Å². The molecule has 2 aromatic carbocycles. The largest absolute Gasteiger partial charge is 0.481 e. The van der Waals surface area contributed by atoms with E-state index in [4.69, 9.17) is 5.11 Å². The van der Waals surface area contributed by atoms with Gasteiger partial charge in [-0.1, -0.05) is 56.3 Å². The molecule has 0 bridgehead atoms. The van der Waals surface area contributed by atoms with Gasteiger partial charge in [0, 0.05) is 12.3 Å². The Bertz CT molecular complexity index is 956. The molecule has 2 atom stereocenters. The Kier molecular flexibility index (Phi) is 8.54. The molecule has 2 rings (SSSR count). The molecule has 2 aromatic rings. The smallest absolute Gasteiger partial charge is 0.326 e. The Hall–Kier alpha value is -3.42. The topological polar surface area (TPSA) is 133 Å². The van der Waals surface area contributed by atoms with E-state index in [0.29, 0.717) is 6.42 Å². The van der Waals surface area contributed by atoms with Crippen LogP contribution in [0.4, 0.5) is 0 Å². The van der Waals surface area contributed by atoms with Crippen molar-refractivity contribution in [1.29, 1.82) is 0 Å². The summed E-state index contributed by atoms with van der Waals surface area (Å²) in [5, 5.41) is 25.3. The standard InChI is InChI=1S/C23H28N2O6/c1-14(2)9-18(12-21(27)28)22(29)24-13-20(26)25-19(23(30)31)11-15-7-8-16-5-3-4-6-17(16)10-15/h3-8,10,14,18-19H,9,11-13H2,1-2H3,(H,24,29)(H,25,26)(H,27,28)(H,30,31)/t18?,19-/m1/s1. The number of hydrogen-bond donors (Lipinski definition) is 4. The summed E-state index contributed by atoms with van der Waals surface area (Å²) in [6, 6.07) is 12.1. The van der Waals surface area contributed by atoms with Gasteiger partial charge in [-0.2, -0.15) is 0 Å². The minimum absolute atomic E-state index is 0.0921. The summed E-state index contributed by atoms with van der Waals surface area (Å²) >= 11 is 0. The lowest BCUT2D eigenvalue weighted by molar-refractivity contribution is -0.142. The van der Waals surface area contributed by atoms with Crippen molar-refractivity contribution in [2.24, 2.45) is 11.8 Å². The third-order valence-corrected chi connectivity index (χ3v) is 4.86. The van der Waals surface area contributed by atoms with E-state index in [0.717, 1.165) is 16.3 Å². The van der Waals surface area contributed by atoms with Gasteiger partial charge >= 0.3 is 11.9 Å². The highest BCUT2D eigenvalue weighted by Gasteiger charge is 2.24. The van der Waals surface area contributed by atoms with Crippen LogP contribution in [0.1, 0.15) is 32.3 Å². The summed E-state index contributed by atoms with van der Waals surface area (Å²) in [5.74, 6) is -4.10. The number of carboxylic acid groups (broad SMARTS) is 2. The van der Waals surface area contributed by atoms with Crippen LogP contribution < -0.4 is 10.6 Å². The van der Waals surface area contributed by atoms with Crippen LogP contribution in [0, 0.1) is 11.8 Å². The van der Waals surface area contributed by atoms with Crippen molar-refractivity contribution < 1.29 is 29.4 Å². The Labute approximate surface area is 180 Å². The van der Waals surface area contributed by atoms with Crippen molar-refractivity contribution in [2.45, 2.75) is 39.2 Å². The SMILES string of the molecule is CC(C)CC(CC(=O)O)C(=O)NCC(=O)N[C@H](Cc1ccc2ccccc2c1)C(=O)O. The second-order valence-electron chi connectivity index (χ2n) is 7.99. The highest BCUT2D eigenvalue weighted by atomic mass is 16.4. The molecule has 0 aromatic heterocycles. The molecule has 4 N–H and O–H groups in total. The summed E-state index contributed by atoms with van der Waals surface area (Å²) in [6.07, 6.45) is 0.139. The Morgan fingerprint density at radius 1 is 0.968 bits per heavy atom. The molecule has 1 unspecified atom stereocenters. The molecule has 31 heavy (non-hydrogen) atoms. The zero-order chi connectivity index (χ0) is 23.0. The van der Waals surface area contributed by atoms with Crippen LogP contribution in [0.25, 0.3) is 10.8 Å². The van der Waals surface area contributed by atoms with Crippen molar-refractivity contribution in [3.05, 3.63) is 48.0 Å². The predicted molar refractivity (Wildman–Crippen MR) is 115 cm³/mol. The highest BCUT2D eigenvalue weighted by molar-refractivity contribution is 5.90. The van der Waals surface area contributed by atoms with Crippen LogP contribution in [0.15, 0.2) is 42.5 Å². The van der Waals surface area contributed by atoms with Gasteiger partial charge in [-0.3, -0.25) is 14.4 Å². The zero-order valence-corrected chi connectivity index (χ0v) is 17.6. The maximum absolute atomic E-state index is 12.3. The summed E-state index contributed by atoms with van der Waals surface area (Å²) in [7, 11) is 0. The molecule has 166 valence electrons. The molecular weight excluding hydrogens is 400 g/mol. The predicted octanol–water partition coefficient (Wildman–Crippen LogP) is 2.20. The fourth-order valence-corrected chi connectivity index (χ4v) is 3.42. The normalized spacial score (nSPS) is 12.9. The van der Waals surface area contributed by atoms with Crippen LogP contribution in [0.3, 0.4) is 0 Å². The number of fused-ring (bicyclic) bond motifs is 1. The molecule has 0 spiro atoms. The molecule has 2 amide bonds. The molecular formula is C23H28N2O6. The van der Waals surface area contributed by atoms with Crippen molar-refractivity contribution in [1.82, 2.24) is 10.6 Å². The first-order valence-corrected chi connectivity index (χ1v) is 10.1. The number of carbonyl (C=O) groups is 4. The highest BCUT2D eigenvalue weighted by Crippen LogP contribution is 2.17. The number of benzene rings is 2. The van der Waals surface area contributed by atoms with Crippen LogP contribution in [-0.4, -0.2) is 46.6 Å². The van der Waals surface area contributed by atoms with Gasteiger partial charge in [0.05, 0.1) is 13.0 Å². The van der Waals surface area contributed by atoms with Gasteiger partial charge in [-0.15, -0.1) is 0 Å². The average molecular weight is 428 g/mol. The summed E-state index contributed by atoms with van der Waals surface area (Å²) < 4.78 is 0. The molecule has 0 fully saturated rings. The maximum Gasteiger partial charge on any atom is 0.326 e. The Morgan fingerprint density at radius 3 is 2.26 bits per heavy atom. The monoisotopic (exact) mass is 428 g/mol. The molecule has 0 saturated heterocycles. The molecule has 8 heteroatoms. The molecule has 0 saturated carbocycles. The third kappa shape index (κ3) is 7.73. The molecule has 0 aliphatic rings. The first-order valence-electron chi connectivity index (χ1n) is 10.1. The van der Waals surface area contributed by atoms with Gasteiger partial charge in [0.15, 0.2) is 0 Å². The van der Waals surface area contributed by atoms with E-state index in [1.54, 1.807) is 0 Å². The summed E-state index contributed by atoms with van der Waals surface area (Å²) in [4.78, 5) is 47.1. The fourth-order valence-electron chi connectivity index (χ4n) is 3.42. The first-order chi connectivity index (χ1) is 14.7. The first kappa shape index (κ1) is 23.9. The number of carboxylic acids is 2. The number of rotatable bonds is 11. The van der Waals surface area contributed by atoms with Crippen molar-refractivity contribution in [2.75, 3.05) is 6.54 Å². The quantitative estimate of drug-likeness (QED) is 0.434. The Balaban J connectivity index is 1.95. The molecule has 0 aliphatic heterocycles. The molecule has 0 aliphatic carbocycles. The summed E-state index contributed by atoms with van der Waals surface area (Å²) in [6.45, 7) is 3.33. The van der Waals surface area contributed by atoms with Gasteiger partial charge in [0.25, 0.3) is 0 Å². The maximum atomic E-state index is 12.3. The van der Waals surface area contributed by atoms with Crippen molar-refractivity contribution >= 4 is 34.5 Å². The van der Waals surface area contributed by atoms with Gasteiger partial charge < -0.3 is 20.8 Å². The molecule has 0 heterocycles. The second-order valence-corrected chi connectivity index (χ2v) is 7.99. The van der Waals surface area contributed by atoms with Crippen LogP contribution in [0.2, 0.25) is 0 Å². The fraction of sp³-hybridized carbons (Fsp3) is 0.391. The van der Waals surface area contributed by atoms with E-state index in [1.165, 1.54) is 0 Å². The van der Waals surface area contributed by atoms with E-state index in [9.17, 15) is 24.3 Å². The minimum atomic E-state index is -1.18. The van der Waals surface area contributed by atoms with Crippen LogP contribution >= 0.6 is 0 Å². The minimum Gasteiger partial charge on any atom is -0.481 e. The van der Waals surface area contributed by atoms with Crippen molar-refractivity contribution in [3.8, 4) is 0 Å². The van der Waals surface area contributed by atoms with Gasteiger partial charge in [0.1, 0.15) is 6.04 Å². The Morgan fingerprint density at radius 2 is 1.65 bits per heavy atom. The lowest BCUT2D eigenvalue weighted by atomic mass is 9.93. The van der Waals surface area contributed by atoms with Crippen molar-refractivity contribution in [3.63, 3.8) is 0 Å². The lowest BCUT2D eigenvalue weighted by Gasteiger charge is -2.18. The third-order valence-electron chi connectivity index (χ3n) is 4.86. The summed E-state index contributed by atoms with van der Waals surface area (Å²) in [5.41, 5.74) is 0.758. The number of carbonyl (C=O) groups excluding carboxylic acids is 2. The second kappa shape index (κ2) is 11.1. The lowest BCUT2D eigenvalue weighted by Crippen LogP contribution is -2.47. The van der Waals surface area contributed by atoms with Gasteiger partial charge in [0.2, 0.25) is 11.8 Å². The zero-order valence-electron chi connectivity index (χ0n) is 17.6. The van der Waals surface area contributed by atoms with E-state index in [2.05, 4.69) is 10.6 Å². The van der Waals surface area contributed by atoms with Gasteiger partial charge in [-0.25, -0.2) is 4.79 Å². The van der Waals surface area contributed by atoms with E-state index in [-0.39, 0.29) is 18.8 Å².